The normalized spacial score (nSPS) is 12.2. The molecule has 2 aromatic carbocycles. The third-order valence-electron chi connectivity index (χ3n) is 3.83. The van der Waals surface area contributed by atoms with Crippen LogP contribution in [0, 0.1) is 13.8 Å². The monoisotopic (exact) mass is 282 g/mol. The maximum Gasteiger partial charge on any atom is 0.0498 e. The fourth-order valence-corrected chi connectivity index (χ4v) is 2.58. The van der Waals surface area contributed by atoms with Gasteiger partial charge in [-0.1, -0.05) is 48.9 Å². The smallest absolute Gasteiger partial charge is 0.0498 e. The van der Waals surface area contributed by atoms with Gasteiger partial charge in [-0.15, -0.1) is 0 Å². The molecule has 1 unspecified atom stereocenters. The molecule has 1 atom stereocenters. The Morgan fingerprint density at radius 3 is 2.33 bits per heavy atom. The Morgan fingerprint density at radius 2 is 1.71 bits per heavy atom. The standard InChI is InChI=1S/C19H26N2/c1-5-20-19(17-11-9-15(2)10-12-17)14-21(4)18-8-6-7-16(3)13-18/h6-13,19-20H,5,14H2,1-4H3. The first-order valence-corrected chi connectivity index (χ1v) is 7.68. The number of hydrogen-bond donors (Lipinski definition) is 1. The Labute approximate surface area is 128 Å². The molecule has 0 heterocycles. The van der Waals surface area contributed by atoms with E-state index in [0.717, 1.165) is 13.1 Å². The van der Waals surface area contributed by atoms with E-state index in [1.807, 2.05) is 0 Å². The van der Waals surface area contributed by atoms with Gasteiger partial charge in [-0.3, -0.25) is 0 Å². The Morgan fingerprint density at radius 1 is 1.00 bits per heavy atom. The van der Waals surface area contributed by atoms with Crippen molar-refractivity contribution in [2.75, 3.05) is 25.0 Å². The van der Waals surface area contributed by atoms with Gasteiger partial charge in [-0.25, -0.2) is 0 Å². The summed E-state index contributed by atoms with van der Waals surface area (Å²) in [6.45, 7) is 8.36. The van der Waals surface area contributed by atoms with E-state index in [1.165, 1.54) is 22.4 Å². The van der Waals surface area contributed by atoms with E-state index in [-0.39, 0.29) is 0 Å². The second kappa shape index (κ2) is 7.28. The van der Waals surface area contributed by atoms with Gasteiger partial charge < -0.3 is 10.2 Å². The van der Waals surface area contributed by atoms with Crippen LogP contribution in [0.5, 0.6) is 0 Å². The molecule has 0 saturated carbocycles. The number of aryl methyl sites for hydroxylation is 2. The van der Waals surface area contributed by atoms with E-state index < -0.39 is 0 Å². The van der Waals surface area contributed by atoms with Crippen LogP contribution in [0.3, 0.4) is 0 Å². The molecule has 1 N–H and O–H groups in total. The number of anilines is 1. The van der Waals surface area contributed by atoms with E-state index >= 15 is 0 Å². The van der Waals surface area contributed by atoms with Crippen molar-refractivity contribution in [1.82, 2.24) is 5.32 Å². The highest BCUT2D eigenvalue weighted by Gasteiger charge is 2.13. The molecule has 0 aliphatic rings. The molecule has 112 valence electrons. The van der Waals surface area contributed by atoms with Gasteiger partial charge in [0.2, 0.25) is 0 Å². The van der Waals surface area contributed by atoms with Gasteiger partial charge in [0, 0.05) is 25.3 Å². The second-order valence-corrected chi connectivity index (χ2v) is 5.74. The largest absolute Gasteiger partial charge is 0.373 e. The molecule has 2 rings (SSSR count). The zero-order chi connectivity index (χ0) is 15.2. The zero-order valence-corrected chi connectivity index (χ0v) is 13.6. The fourth-order valence-electron chi connectivity index (χ4n) is 2.58. The number of hydrogen-bond acceptors (Lipinski definition) is 2. The van der Waals surface area contributed by atoms with E-state index in [1.54, 1.807) is 0 Å². The lowest BCUT2D eigenvalue weighted by Crippen LogP contribution is -2.33. The summed E-state index contributed by atoms with van der Waals surface area (Å²) >= 11 is 0. The molecule has 21 heavy (non-hydrogen) atoms. The molecule has 0 spiro atoms. The van der Waals surface area contributed by atoms with Crippen LogP contribution in [0.15, 0.2) is 48.5 Å². The predicted octanol–water partition coefficient (Wildman–Crippen LogP) is 4.09. The van der Waals surface area contributed by atoms with Crippen molar-refractivity contribution in [3.05, 3.63) is 65.2 Å². The number of nitrogens with one attached hydrogen (secondary N) is 1. The molecule has 0 fully saturated rings. The fraction of sp³-hybridized carbons (Fsp3) is 0.368. The topological polar surface area (TPSA) is 15.3 Å². The number of rotatable bonds is 6. The van der Waals surface area contributed by atoms with Gasteiger partial charge in [0.05, 0.1) is 0 Å². The molecule has 2 heteroatoms. The minimum Gasteiger partial charge on any atom is -0.373 e. The molecule has 0 radical (unpaired) electrons. The van der Waals surface area contributed by atoms with Crippen molar-refractivity contribution >= 4 is 5.69 Å². The molecule has 0 bridgehead atoms. The number of nitrogens with zero attached hydrogens (tertiary/aromatic N) is 1. The van der Waals surface area contributed by atoms with Crippen LogP contribution >= 0.6 is 0 Å². The summed E-state index contributed by atoms with van der Waals surface area (Å²) < 4.78 is 0. The maximum atomic E-state index is 3.59. The lowest BCUT2D eigenvalue weighted by atomic mass is 10.0. The summed E-state index contributed by atoms with van der Waals surface area (Å²) in [4.78, 5) is 2.32. The van der Waals surface area contributed by atoms with Gasteiger partial charge in [0.25, 0.3) is 0 Å². The summed E-state index contributed by atoms with van der Waals surface area (Å²) in [6.07, 6.45) is 0. The average Bonchev–Trinajstić information content (AvgIpc) is 2.47. The quantitative estimate of drug-likeness (QED) is 0.858. The van der Waals surface area contributed by atoms with Gasteiger partial charge in [-0.2, -0.15) is 0 Å². The molecule has 0 saturated heterocycles. The van der Waals surface area contributed by atoms with E-state index in [9.17, 15) is 0 Å². The lowest BCUT2D eigenvalue weighted by Gasteiger charge is -2.27. The van der Waals surface area contributed by atoms with Crippen molar-refractivity contribution < 1.29 is 0 Å². The molecule has 0 aromatic heterocycles. The third kappa shape index (κ3) is 4.33. The van der Waals surface area contributed by atoms with Gasteiger partial charge in [-0.05, 0) is 43.7 Å². The first kappa shape index (κ1) is 15.6. The van der Waals surface area contributed by atoms with Gasteiger partial charge in [0.1, 0.15) is 0 Å². The van der Waals surface area contributed by atoms with Crippen LogP contribution in [0.1, 0.15) is 29.7 Å². The second-order valence-electron chi connectivity index (χ2n) is 5.74. The minimum absolute atomic E-state index is 0.348. The van der Waals surface area contributed by atoms with Crippen molar-refractivity contribution in [2.45, 2.75) is 26.8 Å². The van der Waals surface area contributed by atoms with Crippen LogP contribution in [-0.2, 0) is 0 Å². The summed E-state index contributed by atoms with van der Waals surface area (Å²) in [5.74, 6) is 0. The molecular weight excluding hydrogens is 256 g/mol. The van der Waals surface area contributed by atoms with Gasteiger partial charge in [0.15, 0.2) is 0 Å². The molecule has 0 aliphatic heterocycles. The Balaban J connectivity index is 2.14. The molecule has 0 aliphatic carbocycles. The van der Waals surface area contributed by atoms with Crippen molar-refractivity contribution in [3.63, 3.8) is 0 Å². The van der Waals surface area contributed by atoms with E-state index in [4.69, 9.17) is 0 Å². The summed E-state index contributed by atoms with van der Waals surface area (Å²) in [5, 5.41) is 3.59. The van der Waals surface area contributed by atoms with Gasteiger partial charge >= 0.3 is 0 Å². The predicted molar refractivity (Wildman–Crippen MR) is 92.0 cm³/mol. The SMILES string of the molecule is CCNC(CN(C)c1cccc(C)c1)c1ccc(C)cc1. The van der Waals surface area contributed by atoms with Crippen LogP contribution in [0.25, 0.3) is 0 Å². The molecule has 2 nitrogen and oxygen atoms in total. The first-order chi connectivity index (χ1) is 10.1. The molecular formula is C19H26N2. The van der Waals surface area contributed by atoms with Crippen molar-refractivity contribution in [3.8, 4) is 0 Å². The van der Waals surface area contributed by atoms with E-state index in [2.05, 4.69) is 86.6 Å². The summed E-state index contributed by atoms with van der Waals surface area (Å²) in [6, 6.07) is 17.8. The van der Waals surface area contributed by atoms with Crippen LogP contribution < -0.4 is 10.2 Å². The number of benzene rings is 2. The highest BCUT2D eigenvalue weighted by atomic mass is 15.1. The Kier molecular flexibility index (Phi) is 5.40. The first-order valence-electron chi connectivity index (χ1n) is 7.68. The third-order valence-corrected chi connectivity index (χ3v) is 3.83. The highest BCUT2D eigenvalue weighted by Crippen LogP contribution is 2.20. The van der Waals surface area contributed by atoms with Crippen LogP contribution in [-0.4, -0.2) is 20.1 Å². The maximum absolute atomic E-state index is 3.59. The average molecular weight is 282 g/mol. The van der Waals surface area contributed by atoms with Crippen LogP contribution in [0.4, 0.5) is 5.69 Å². The lowest BCUT2D eigenvalue weighted by molar-refractivity contribution is 0.550. The zero-order valence-electron chi connectivity index (χ0n) is 13.6. The molecule has 0 amide bonds. The summed E-state index contributed by atoms with van der Waals surface area (Å²) in [5.41, 5.74) is 5.22. The summed E-state index contributed by atoms with van der Waals surface area (Å²) in [7, 11) is 2.16. The minimum atomic E-state index is 0.348. The van der Waals surface area contributed by atoms with E-state index in [0.29, 0.717) is 6.04 Å². The Bertz CT molecular complexity index is 560. The molecule has 2 aromatic rings. The van der Waals surface area contributed by atoms with Crippen molar-refractivity contribution in [1.29, 1.82) is 0 Å². The van der Waals surface area contributed by atoms with Crippen LogP contribution in [0.2, 0.25) is 0 Å². The number of likely N-dealkylation sites (N-methyl/N-ethyl adjacent to an activating group) is 2. The van der Waals surface area contributed by atoms with Crippen molar-refractivity contribution in [2.24, 2.45) is 0 Å². The Hall–Kier alpha value is -1.80. The highest BCUT2D eigenvalue weighted by molar-refractivity contribution is 5.48.